The van der Waals surface area contributed by atoms with Gasteiger partial charge in [0.1, 0.15) is 0 Å². The van der Waals surface area contributed by atoms with Crippen LogP contribution in [0.25, 0.3) is 0 Å². The van der Waals surface area contributed by atoms with Gasteiger partial charge in [0.15, 0.2) is 11.5 Å². The Morgan fingerprint density at radius 2 is 1.78 bits per heavy atom. The molecule has 1 atom stereocenters. The van der Waals surface area contributed by atoms with Gasteiger partial charge < -0.3 is 14.8 Å². The summed E-state index contributed by atoms with van der Waals surface area (Å²) in [7, 11) is 1.90. The highest BCUT2D eigenvalue weighted by Gasteiger charge is 2.17. The van der Waals surface area contributed by atoms with Crippen LogP contribution in [0.4, 0.5) is 5.69 Å². The van der Waals surface area contributed by atoms with Gasteiger partial charge >= 0.3 is 0 Å². The quantitative estimate of drug-likeness (QED) is 0.670. The monoisotopic (exact) mass is 390 g/mol. The number of carbonyl (C=O) groups excluding carboxylic acids is 1. The molecule has 0 radical (unpaired) electrons. The van der Waals surface area contributed by atoms with Crippen LogP contribution in [-0.2, 0) is 4.79 Å². The van der Waals surface area contributed by atoms with E-state index in [2.05, 4.69) is 5.32 Å². The second-order valence-electron chi connectivity index (χ2n) is 6.19. The number of hydrogen-bond donors (Lipinski definition) is 1. The Labute approximate surface area is 166 Å². The van der Waals surface area contributed by atoms with Crippen LogP contribution in [0.1, 0.15) is 32.4 Å². The summed E-state index contributed by atoms with van der Waals surface area (Å²) in [6, 6.07) is 13.1. The molecule has 0 unspecified atom stereocenters. The molecule has 146 valence electrons. The Balaban J connectivity index is 2.02. The molecule has 0 saturated carbocycles. The maximum atomic E-state index is 12.5. The summed E-state index contributed by atoms with van der Waals surface area (Å²) in [6.45, 7) is 7.17. The predicted octanol–water partition coefficient (Wildman–Crippen LogP) is 4.77. The summed E-state index contributed by atoms with van der Waals surface area (Å²) >= 11 is 6.26. The maximum absolute atomic E-state index is 12.5. The molecule has 0 aliphatic heterocycles. The number of ether oxygens (including phenoxy) is 2. The number of amides is 1. The van der Waals surface area contributed by atoms with Gasteiger partial charge in [0.05, 0.1) is 19.8 Å². The molecule has 1 amide bonds. The topological polar surface area (TPSA) is 50.8 Å². The van der Waals surface area contributed by atoms with Crippen LogP contribution < -0.4 is 14.8 Å². The molecule has 0 heterocycles. The van der Waals surface area contributed by atoms with E-state index in [0.29, 0.717) is 35.4 Å². The molecule has 1 N–H and O–H groups in total. The molecule has 0 fully saturated rings. The molecule has 0 saturated heterocycles. The van der Waals surface area contributed by atoms with E-state index in [4.69, 9.17) is 21.1 Å². The Bertz CT molecular complexity index is 767. The summed E-state index contributed by atoms with van der Waals surface area (Å²) in [4.78, 5) is 14.4. The largest absolute Gasteiger partial charge is 0.490 e. The van der Waals surface area contributed by atoms with Crippen molar-refractivity contribution in [1.29, 1.82) is 0 Å². The average molecular weight is 391 g/mol. The van der Waals surface area contributed by atoms with Gasteiger partial charge in [-0.1, -0.05) is 29.8 Å². The second kappa shape index (κ2) is 10.2. The fraction of sp³-hybridized carbons (Fsp3) is 0.381. The number of benzene rings is 2. The zero-order chi connectivity index (χ0) is 19.8. The smallest absolute Gasteiger partial charge is 0.238 e. The lowest BCUT2D eigenvalue weighted by atomic mass is 10.1. The van der Waals surface area contributed by atoms with Crippen molar-refractivity contribution in [3.05, 3.63) is 53.1 Å². The van der Waals surface area contributed by atoms with Crippen LogP contribution >= 0.6 is 11.6 Å². The molecule has 0 aliphatic carbocycles. The van der Waals surface area contributed by atoms with Gasteiger partial charge in [0.25, 0.3) is 0 Å². The van der Waals surface area contributed by atoms with E-state index in [0.717, 1.165) is 5.56 Å². The van der Waals surface area contributed by atoms with Gasteiger partial charge in [-0.2, -0.15) is 0 Å². The standard InChI is InChI=1S/C21H27ClN2O3/c1-5-26-19-12-11-16(13-20(19)27-6-2)23-21(25)14-24(4)15(3)17-9-7-8-10-18(17)22/h7-13,15H,5-6,14H2,1-4H3,(H,23,25)/t15-/m0/s1. The van der Waals surface area contributed by atoms with E-state index in [1.54, 1.807) is 12.1 Å². The highest BCUT2D eigenvalue weighted by molar-refractivity contribution is 6.31. The summed E-state index contributed by atoms with van der Waals surface area (Å²) < 4.78 is 11.1. The first-order valence-electron chi connectivity index (χ1n) is 9.10. The Hall–Kier alpha value is -2.24. The minimum absolute atomic E-state index is 0.0174. The molecule has 2 aromatic carbocycles. The number of hydrogen-bond acceptors (Lipinski definition) is 4. The van der Waals surface area contributed by atoms with Gasteiger partial charge in [0, 0.05) is 22.8 Å². The van der Waals surface area contributed by atoms with Gasteiger partial charge in [-0.15, -0.1) is 0 Å². The van der Waals surface area contributed by atoms with E-state index < -0.39 is 0 Å². The average Bonchev–Trinajstić information content (AvgIpc) is 2.64. The molecule has 6 heteroatoms. The van der Waals surface area contributed by atoms with Gasteiger partial charge in [0.2, 0.25) is 5.91 Å². The number of anilines is 1. The summed E-state index contributed by atoms with van der Waals surface area (Å²) in [5.41, 5.74) is 1.67. The molecular weight excluding hydrogens is 364 g/mol. The molecule has 0 bridgehead atoms. The third-order valence-electron chi connectivity index (χ3n) is 4.24. The molecule has 5 nitrogen and oxygen atoms in total. The molecule has 0 aliphatic rings. The van der Waals surface area contributed by atoms with Crippen LogP contribution in [0.2, 0.25) is 5.02 Å². The van der Waals surface area contributed by atoms with Crippen molar-refractivity contribution in [2.24, 2.45) is 0 Å². The number of carbonyl (C=O) groups is 1. The van der Waals surface area contributed by atoms with Crippen molar-refractivity contribution in [3.8, 4) is 11.5 Å². The third-order valence-corrected chi connectivity index (χ3v) is 4.58. The van der Waals surface area contributed by atoms with Crippen LogP contribution in [0.5, 0.6) is 11.5 Å². The minimum atomic E-state index is -0.108. The second-order valence-corrected chi connectivity index (χ2v) is 6.60. The first-order chi connectivity index (χ1) is 13.0. The highest BCUT2D eigenvalue weighted by Crippen LogP contribution is 2.31. The Morgan fingerprint density at radius 3 is 2.44 bits per heavy atom. The SMILES string of the molecule is CCOc1ccc(NC(=O)CN(C)[C@@H](C)c2ccccc2Cl)cc1OCC. The van der Waals surface area contributed by atoms with Crippen molar-refractivity contribution in [1.82, 2.24) is 4.90 Å². The van der Waals surface area contributed by atoms with Crippen LogP contribution in [0.3, 0.4) is 0 Å². The van der Waals surface area contributed by atoms with E-state index >= 15 is 0 Å². The predicted molar refractivity (Wildman–Crippen MR) is 110 cm³/mol. The molecule has 2 rings (SSSR count). The van der Waals surface area contributed by atoms with E-state index in [9.17, 15) is 4.79 Å². The zero-order valence-corrected chi connectivity index (χ0v) is 17.0. The normalized spacial score (nSPS) is 11.9. The lowest BCUT2D eigenvalue weighted by Crippen LogP contribution is -2.32. The first kappa shape index (κ1) is 21.1. The van der Waals surface area contributed by atoms with Crippen molar-refractivity contribution in [2.75, 3.05) is 32.1 Å². The number of rotatable bonds is 9. The van der Waals surface area contributed by atoms with Crippen molar-refractivity contribution in [3.63, 3.8) is 0 Å². The first-order valence-corrected chi connectivity index (χ1v) is 9.48. The van der Waals surface area contributed by atoms with E-state index in [1.165, 1.54) is 0 Å². The number of nitrogens with zero attached hydrogens (tertiary/aromatic N) is 1. The lowest BCUT2D eigenvalue weighted by molar-refractivity contribution is -0.117. The molecule has 0 aromatic heterocycles. The van der Waals surface area contributed by atoms with Gasteiger partial charge in [-0.05, 0) is 51.6 Å². The van der Waals surface area contributed by atoms with Gasteiger partial charge in [-0.3, -0.25) is 9.69 Å². The number of likely N-dealkylation sites (N-methyl/N-ethyl adjacent to an activating group) is 1. The molecular formula is C21H27ClN2O3. The van der Waals surface area contributed by atoms with Crippen molar-refractivity contribution in [2.45, 2.75) is 26.8 Å². The van der Waals surface area contributed by atoms with Crippen molar-refractivity contribution >= 4 is 23.2 Å². The summed E-state index contributed by atoms with van der Waals surface area (Å²) in [5.74, 6) is 1.18. The molecule has 0 spiro atoms. The summed E-state index contributed by atoms with van der Waals surface area (Å²) in [6.07, 6.45) is 0. The number of nitrogens with one attached hydrogen (secondary N) is 1. The molecule has 2 aromatic rings. The van der Waals surface area contributed by atoms with E-state index in [-0.39, 0.29) is 18.5 Å². The van der Waals surface area contributed by atoms with Crippen LogP contribution in [0.15, 0.2) is 42.5 Å². The summed E-state index contributed by atoms with van der Waals surface area (Å²) in [5, 5.41) is 3.61. The highest BCUT2D eigenvalue weighted by atomic mass is 35.5. The zero-order valence-electron chi connectivity index (χ0n) is 16.3. The fourth-order valence-corrected chi connectivity index (χ4v) is 3.04. The fourth-order valence-electron chi connectivity index (χ4n) is 2.74. The third kappa shape index (κ3) is 5.88. The van der Waals surface area contributed by atoms with E-state index in [1.807, 2.05) is 63.1 Å². The van der Waals surface area contributed by atoms with Gasteiger partial charge in [-0.25, -0.2) is 0 Å². The van der Waals surface area contributed by atoms with Crippen LogP contribution in [0, 0.1) is 0 Å². The maximum Gasteiger partial charge on any atom is 0.238 e. The van der Waals surface area contributed by atoms with Crippen molar-refractivity contribution < 1.29 is 14.3 Å². The minimum Gasteiger partial charge on any atom is -0.490 e. The molecule has 27 heavy (non-hydrogen) atoms. The Kier molecular flexibility index (Phi) is 7.95. The Morgan fingerprint density at radius 1 is 1.11 bits per heavy atom. The number of halogens is 1. The van der Waals surface area contributed by atoms with Crippen LogP contribution in [-0.4, -0.2) is 37.6 Å². The lowest BCUT2D eigenvalue weighted by Gasteiger charge is -2.25.